The molecule has 19 heavy (non-hydrogen) atoms. The summed E-state index contributed by atoms with van der Waals surface area (Å²) in [4.78, 5) is 12.6. The molecule has 0 amide bonds. The Labute approximate surface area is 114 Å². The average Bonchev–Trinajstić information content (AvgIpc) is 2.40. The van der Waals surface area contributed by atoms with E-state index in [-0.39, 0.29) is 12.3 Å². The Morgan fingerprint density at radius 1 is 1.21 bits per heavy atom. The molecule has 4 heteroatoms. The molecule has 0 aromatic heterocycles. The molecule has 1 aromatic carbocycles. The second-order valence-corrected chi connectivity index (χ2v) is 5.33. The standard InChI is InChI=1S/C15H23NO3/c1-9-10(2)13(19-6)11(7-12(9)18-5)14(17)15(3,4)8-16/h7H,8,16H2,1-6H3. The Bertz CT molecular complexity index is 493. The van der Waals surface area contributed by atoms with Gasteiger partial charge in [-0.1, -0.05) is 13.8 Å². The van der Waals surface area contributed by atoms with Crippen molar-refractivity contribution in [2.24, 2.45) is 11.1 Å². The maximum Gasteiger partial charge on any atom is 0.173 e. The molecule has 0 heterocycles. The molecule has 1 aromatic rings. The molecule has 0 saturated heterocycles. The molecule has 4 nitrogen and oxygen atoms in total. The van der Waals surface area contributed by atoms with Gasteiger partial charge in [0.1, 0.15) is 11.5 Å². The summed E-state index contributed by atoms with van der Waals surface area (Å²) in [5, 5.41) is 0. The van der Waals surface area contributed by atoms with E-state index in [0.717, 1.165) is 11.1 Å². The Balaban J connectivity index is 3.50. The number of ketones is 1. The van der Waals surface area contributed by atoms with Crippen molar-refractivity contribution >= 4 is 5.78 Å². The fourth-order valence-electron chi connectivity index (χ4n) is 1.96. The maximum atomic E-state index is 12.6. The van der Waals surface area contributed by atoms with Crippen LogP contribution < -0.4 is 15.2 Å². The van der Waals surface area contributed by atoms with Gasteiger partial charge >= 0.3 is 0 Å². The van der Waals surface area contributed by atoms with Gasteiger partial charge in [0.05, 0.1) is 19.8 Å². The molecular formula is C15H23NO3. The van der Waals surface area contributed by atoms with Gasteiger partial charge in [-0.2, -0.15) is 0 Å². The molecule has 0 atom stereocenters. The van der Waals surface area contributed by atoms with Crippen molar-refractivity contribution in [2.75, 3.05) is 20.8 Å². The second kappa shape index (κ2) is 5.61. The first kappa shape index (κ1) is 15.5. The van der Waals surface area contributed by atoms with Crippen LogP contribution in [0.25, 0.3) is 0 Å². The topological polar surface area (TPSA) is 61.5 Å². The van der Waals surface area contributed by atoms with Crippen LogP contribution in [0.3, 0.4) is 0 Å². The summed E-state index contributed by atoms with van der Waals surface area (Å²) < 4.78 is 10.7. The zero-order valence-electron chi connectivity index (χ0n) is 12.6. The highest BCUT2D eigenvalue weighted by atomic mass is 16.5. The molecule has 1 rings (SSSR count). The molecule has 0 unspecified atom stereocenters. The van der Waals surface area contributed by atoms with Gasteiger partial charge in [0.2, 0.25) is 0 Å². The van der Waals surface area contributed by atoms with Crippen LogP contribution in [0.4, 0.5) is 0 Å². The number of benzene rings is 1. The van der Waals surface area contributed by atoms with E-state index in [4.69, 9.17) is 15.2 Å². The van der Waals surface area contributed by atoms with Crippen LogP contribution in [0.15, 0.2) is 6.07 Å². The summed E-state index contributed by atoms with van der Waals surface area (Å²) in [6.45, 7) is 7.80. The zero-order valence-corrected chi connectivity index (χ0v) is 12.6. The molecule has 0 bridgehead atoms. The van der Waals surface area contributed by atoms with E-state index in [0.29, 0.717) is 17.1 Å². The lowest BCUT2D eigenvalue weighted by atomic mass is 9.83. The van der Waals surface area contributed by atoms with Crippen molar-refractivity contribution in [1.82, 2.24) is 0 Å². The summed E-state index contributed by atoms with van der Waals surface area (Å²) in [5.74, 6) is 1.26. The molecule has 0 radical (unpaired) electrons. The lowest BCUT2D eigenvalue weighted by molar-refractivity contribution is 0.0843. The molecule has 0 saturated carbocycles. The van der Waals surface area contributed by atoms with E-state index in [1.165, 1.54) is 0 Å². The third-order valence-corrected chi connectivity index (χ3v) is 3.59. The first-order valence-electron chi connectivity index (χ1n) is 6.27. The van der Waals surface area contributed by atoms with Gasteiger partial charge in [0.25, 0.3) is 0 Å². The van der Waals surface area contributed by atoms with Gasteiger partial charge < -0.3 is 15.2 Å². The molecule has 0 fully saturated rings. The summed E-state index contributed by atoms with van der Waals surface area (Å²) in [6, 6.07) is 1.74. The van der Waals surface area contributed by atoms with Crippen molar-refractivity contribution < 1.29 is 14.3 Å². The number of ether oxygens (including phenoxy) is 2. The minimum Gasteiger partial charge on any atom is -0.496 e. The normalized spacial score (nSPS) is 11.3. The minimum atomic E-state index is -0.625. The number of hydrogen-bond donors (Lipinski definition) is 1. The van der Waals surface area contributed by atoms with Gasteiger partial charge in [0.15, 0.2) is 5.78 Å². The van der Waals surface area contributed by atoms with Crippen LogP contribution in [0.5, 0.6) is 11.5 Å². The highest BCUT2D eigenvalue weighted by Gasteiger charge is 2.31. The third-order valence-electron chi connectivity index (χ3n) is 3.59. The van der Waals surface area contributed by atoms with Crippen molar-refractivity contribution in [1.29, 1.82) is 0 Å². The van der Waals surface area contributed by atoms with Crippen molar-refractivity contribution in [3.8, 4) is 11.5 Å². The first-order valence-corrected chi connectivity index (χ1v) is 6.27. The quantitative estimate of drug-likeness (QED) is 0.831. The van der Waals surface area contributed by atoms with Crippen LogP contribution >= 0.6 is 0 Å². The van der Waals surface area contributed by atoms with Gasteiger partial charge in [-0.25, -0.2) is 0 Å². The van der Waals surface area contributed by atoms with Crippen LogP contribution in [0, 0.1) is 19.3 Å². The summed E-state index contributed by atoms with van der Waals surface area (Å²) >= 11 is 0. The van der Waals surface area contributed by atoms with Gasteiger partial charge in [-0.15, -0.1) is 0 Å². The first-order chi connectivity index (χ1) is 8.80. The summed E-state index contributed by atoms with van der Waals surface area (Å²) in [5.41, 5.74) is 7.47. The lowest BCUT2D eigenvalue weighted by Gasteiger charge is -2.24. The lowest BCUT2D eigenvalue weighted by Crippen LogP contribution is -2.33. The smallest absolute Gasteiger partial charge is 0.173 e. The molecule has 0 aliphatic carbocycles. The molecule has 0 aliphatic rings. The molecule has 0 spiro atoms. The number of rotatable bonds is 5. The predicted octanol–water partition coefficient (Wildman–Crippen LogP) is 2.49. The number of carbonyl (C=O) groups excluding carboxylic acids is 1. The highest BCUT2D eigenvalue weighted by molar-refractivity contribution is 6.03. The molecule has 2 N–H and O–H groups in total. The Morgan fingerprint density at radius 2 is 1.79 bits per heavy atom. The van der Waals surface area contributed by atoms with Crippen LogP contribution in [-0.4, -0.2) is 26.5 Å². The molecule has 106 valence electrons. The molecular weight excluding hydrogens is 242 g/mol. The maximum absolute atomic E-state index is 12.6. The SMILES string of the molecule is COc1cc(C(=O)C(C)(C)CN)c(OC)c(C)c1C. The van der Waals surface area contributed by atoms with E-state index < -0.39 is 5.41 Å². The minimum absolute atomic E-state index is 0.0340. The molecule has 0 aliphatic heterocycles. The monoisotopic (exact) mass is 265 g/mol. The Morgan fingerprint density at radius 3 is 2.21 bits per heavy atom. The predicted molar refractivity (Wildman–Crippen MR) is 76.2 cm³/mol. The van der Waals surface area contributed by atoms with E-state index >= 15 is 0 Å². The van der Waals surface area contributed by atoms with E-state index in [9.17, 15) is 4.79 Å². The van der Waals surface area contributed by atoms with Crippen molar-refractivity contribution in [2.45, 2.75) is 27.7 Å². The average molecular weight is 265 g/mol. The van der Waals surface area contributed by atoms with E-state index in [1.807, 2.05) is 27.7 Å². The van der Waals surface area contributed by atoms with E-state index in [2.05, 4.69) is 0 Å². The van der Waals surface area contributed by atoms with Crippen LogP contribution in [0.2, 0.25) is 0 Å². The second-order valence-electron chi connectivity index (χ2n) is 5.33. The number of carbonyl (C=O) groups is 1. The van der Waals surface area contributed by atoms with E-state index in [1.54, 1.807) is 20.3 Å². The zero-order chi connectivity index (χ0) is 14.8. The fraction of sp³-hybridized carbons (Fsp3) is 0.533. The van der Waals surface area contributed by atoms with Crippen molar-refractivity contribution in [3.63, 3.8) is 0 Å². The van der Waals surface area contributed by atoms with Crippen LogP contribution in [0.1, 0.15) is 35.3 Å². The van der Waals surface area contributed by atoms with Crippen molar-refractivity contribution in [3.05, 3.63) is 22.8 Å². The van der Waals surface area contributed by atoms with Crippen LogP contribution in [-0.2, 0) is 0 Å². The number of nitrogens with two attached hydrogens (primary N) is 1. The number of methoxy groups -OCH3 is 2. The fourth-order valence-corrected chi connectivity index (χ4v) is 1.96. The Hall–Kier alpha value is -1.55. The summed E-state index contributed by atoms with van der Waals surface area (Å²) in [6.07, 6.45) is 0. The Kier molecular flexibility index (Phi) is 4.58. The number of Topliss-reactive ketones (excluding diaryl/α,β-unsaturated/α-hetero) is 1. The number of hydrogen-bond acceptors (Lipinski definition) is 4. The van der Waals surface area contributed by atoms with Gasteiger partial charge in [-0.3, -0.25) is 4.79 Å². The van der Waals surface area contributed by atoms with Gasteiger partial charge in [-0.05, 0) is 31.0 Å². The highest BCUT2D eigenvalue weighted by Crippen LogP contribution is 2.36. The van der Waals surface area contributed by atoms with Gasteiger partial charge in [0, 0.05) is 12.0 Å². The largest absolute Gasteiger partial charge is 0.496 e. The third kappa shape index (κ3) is 2.73. The summed E-state index contributed by atoms with van der Waals surface area (Å²) in [7, 11) is 3.16.